The zero-order chi connectivity index (χ0) is 18.8. The summed E-state index contributed by atoms with van der Waals surface area (Å²) in [6.07, 6.45) is 12.1. The number of terminal acetylenes is 1. The van der Waals surface area contributed by atoms with Crippen LogP contribution in [-0.2, 0) is 0 Å². The minimum atomic E-state index is 0.109. The maximum absolute atomic E-state index is 9.59. The van der Waals surface area contributed by atoms with E-state index < -0.39 is 0 Å². The number of anilines is 2. The van der Waals surface area contributed by atoms with Crippen LogP contribution in [0.4, 0.5) is 11.5 Å². The third-order valence-electron chi connectivity index (χ3n) is 3.77. The van der Waals surface area contributed by atoms with Crippen LogP contribution in [0, 0.1) is 18.3 Å². The maximum Gasteiger partial charge on any atom is 0.129 e. The first kappa shape index (κ1) is 20.0. The van der Waals surface area contributed by atoms with Gasteiger partial charge in [0, 0.05) is 43.2 Å². The Morgan fingerprint density at radius 1 is 1.16 bits per heavy atom. The molecule has 1 aromatic heterocycles. The molecule has 5 N–H and O–H groups in total. The Morgan fingerprint density at radius 2 is 1.80 bits per heavy atom. The highest BCUT2D eigenvalue weighted by Gasteiger charge is 2.16. The molecule has 1 fully saturated rings. The first-order valence-electron chi connectivity index (χ1n) is 7.82. The normalized spacial score (nSPS) is 12.4. The lowest BCUT2D eigenvalue weighted by atomic mass is 10.0. The number of nitrogens with one attached hydrogen (secondary N) is 1. The number of aromatic nitrogens is 1. The van der Waals surface area contributed by atoms with E-state index in [0.717, 1.165) is 31.6 Å². The van der Waals surface area contributed by atoms with Crippen molar-refractivity contribution >= 4 is 17.2 Å². The highest BCUT2D eigenvalue weighted by atomic mass is 16.3. The molecule has 1 aliphatic rings. The zero-order valence-corrected chi connectivity index (χ0v) is 14.3. The fraction of sp³-hybridized carbons (Fsp3) is 0.263. The lowest BCUT2D eigenvalue weighted by Gasteiger charge is -2.17. The van der Waals surface area contributed by atoms with Gasteiger partial charge in [0.25, 0.3) is 0 Å². The second-order valence-electron chi connectivity index (χ2n) is 5.24. The van der Waals surface area contributed by atoms with Crippen molar-refractivity contribution < 1.29 is 10.2 Å². The summed E-state index contributed by atoms with van der Waals surface area (Å²) < 4.78 is 0. The summed E-state index contributed by atoms with van der Waals surface area (Å²) >= 11 is 0. The van der Waals surface area contributed by atoms with Crippen molar-refractivity contribution in [3.63, 3.8) is 0 Å². The van der Waals surface area contributed by atoms with Crippen LogP contribution in [-0.4, -0.2) is 41.1 Å². The Labute approximate surface area is 148 Å². The standard InChI is InChI=1S/C16H18N4O.C2H2.CH4O/c17-14-4-3-12(21)10-13(14)16(18)11-5-6-19-15(9-11)20-7-1-2-8-20;2*1-2/h3-6,9-10,18,21H,1-2,7-8,17H2;1-2H;2H,1H3. The van der Waals surface area contributed by atoms with Crippen molar-refractivity contribution in [3.05, 3.63) is 47.7 Å². The Hall–Kier alpha value is -3.04. The largest absolute Gasteiger partial charge is 0.508 e. The number of nitrogens with two attached hydrogens (primary N) is 1. The molecule has 2 heterocycles. The van der Waals surface area contributed by atoms with Crippen molar-refractivity contribution in [3.8, 4) is 18.6 Å². The average molecular weight is 340 g/mol. The number of nitrogens with zero attached hydrogens (tertiary/aromatic N) is 2. The molecule has 0 spiro atoms. The molecule has 0 saturated carbocycles. The molecule has 0 unspecified atom stereocenters. The zero-order valence-electron chi connectivity index (χ0n) is 14.3. The molecule has 132 valence electrons. The summed E-state index contributed by atoms with van der Waals surface area (Å²) in [5.41, 5.74) is 7.98. The van der Waals surface area contributed by atoms with E-state index in [-0.39, 0.29) is 5.75 Å². The van der Waals surface area contributed by atoms with Gasteiger partial charge in [-0.2, -0.15) is 0 Å². The van der Waals surface area contributed by atoms with E-state index >= 15 is 0 Å². The molecule has 0 aliphatic carbocycles. The van der Waals surface area contributed by atoms with Gasteiger partial charge in [-0.1, -0.05) is 0 Å². The highest BCUT2D eigenvalue weighted by Crippen LogP contribution is 2.24. The summed E-state index contributed by atoms with van der Waals surface area (Å²) in [7, 11) is 1.00. The predicted molar refractivity (Wildman–Crippen MR) is 102 cm³/mol. The summed E-state index contributed by atoms with van der Waals surface area (Å²) in [5, 5.41) is 24.9. The molecule has 2 aromatic rings. The number of hydrogen-bond acceptors (Lipinski definition) is 6. The number of phenols is 1. The Bertz CT molecular complexity index is 722. The lowest BCUT2D eigenvalue weighted by Crippen LogP contribution is -2.19. The van der Waals surface area contributed by atoms with E-state index in [0.29, 0.717) is 17.0 Å². The second-order valence-corrected chi connectivity index (χ2v) is 5.24. The first-order chi connectivity index (χ1) is 12.1. The molecule has 0 amide bonds. The van der Waals surface area contributed by atoms with Gasteiger partial charge < -0.3 is 20.8 Å². The van der Waals surface area contributed by atoms with Gasteiger partial charge in [-0.25, -0.2) is 4.98 Å². The summed E-state index contributed by atoms with van der Waals surface area (Å²) in [4.78, 5) is 6.61. The molecule has 0 bridgehead atoms. The molecule has 1 aromatic carbocycles. The van der Waals surface area contributed by atoms with Crippen molar-refractivity contribution in [1.82, 2.24) is 4.98 Å². The second kappa shape index (κ2) is 9.96. The number of benzene rings is 1. The molecule has 6 nitrogen and oxygen atoms in total. The van der Waals surface area contributed by atoms with Crippen LogP contribution < -0.4 is 10.6 Å². The van der Waals surface area contributed by atoms with Gasteiger partial charge in [0.05, 0.1) is 5.71 Å². The molecule has 0 atom stereocenters. The lowest BCUT2D eigenvalue weighted by molar-refractivity contribution is 0.399. The molecule has 6 heteroatoms. The van der Waals surface area contributed by atoms with Gasteiger partial charge in [0.2, 0.25) is 0 Å². The summed E-state index contributed by atoms with van der Waals surface area (Å²) in [6, 6.07) is 8.37. The highest BCUT2D eigenvalue weighted by molar-refractivity contribution is 6.14. The van der Waals surface area contributed by atoms with Crippen LogP contribution in [0.5, 0.6) is 5.75 Å². The van der Waals surface area contributed by atoms with Crippen molar-refractivity contribution in [2.45, 2.75) is 12.8 Å². The Balaban J connectivity index is 0.000000730. The minimum Gasteiger partial charge on any atom is -0.508 e. The number of nitrogen functional groups attached to an aromatic ring is 1. The van der Waals surface area contributed by atoms with Crippen molar-refractivity contribution in [1.29, 1.82) is 5.41 Å². The van der Waals surface area contributed by atoms with Gasteiger partial charge in [-0.3, -0.25) is 5.41 Å². The number of aromatic hydroxyl groups is 1. The number of aliphatic hydroxyl groups is 1. The molecule has 1 aliphatic heterocycles. The fourth-order valence-corrected chi connectivity index (χ4v) is 2.61. The van der Waals surface area contributed by atoms with Crippen molar-refractivity contribution in [2.24, 2.45) is 0 Å². The fourth-order valence-electron chi connectivity index (χ4n) is 2.61. The third-order valence-corrected chi connectivity index (χ3v) is 3.77. The number of pyridine rings is 1. The minimum absolute atomic E-state index is 0.109. The topological polar surface area (TPSA) is 106 Å². The molecule has 0 radical (unpaired) electrons. The summed E-state index contributed by atoms with van der Waals surface area (Å²) in [6.45, 7) is 2.02. The SMILES string of the molecule is C#C.CO.N=C(c1ccnc(N2CCCC2)c1)c1cc(O)ccc1N. The molecular weight excluding hydrogens is 316 g/mol. The quantitative estimate of drug-likeness (QED) is 0.297. The Kier molecular flexibility index (Phi) is 7.97. The number of rotatable bonds is 3. The first-order valence-corrected chi connectivity index (χ1v) is 7.82. The van der Waals surface area contributed by atoms with Crippen LogP contribution in [0.1, 0.15) is 24.0 Å². The predicted octanol–water partition coefficient (Wildman–Crippen LogP) is 2.24. The van der Waals surface area contributed by atoms with Gasteiger partial charge in [-0.15, -0.1) is 12.8 Å². The number of phenolic OH excluding ortho intramolecular Hbond substituents is 1. The summed E-state index contributed by atoms with van der Waals surface area (Å²) in [5.74, 6) is 1.01. The van der Waals surface area contributed by atoms with Gasteiger partial charge in [-0.05, 0) is 43.2 Å². The maximum atomic E-state index is 9.59. The van der Waals surface area contributed by atoms with Crippen LogP contribution in [0.3, 0.4) is 0 Å². The Morgan fingerprint density at radius 3 is 2.44 bits per heavy atom. The van der Waals surface area contributed by atoms with Crippen LogP contribution in [0.25, 0.3) is 0 Å². The molecule has 25 heavy (non-hydrogen) atoms. The number of aliphatic hydroxyl groups excluding tert-OH is 1. The van der Waals surface area contributed by atoms with Crippen LogP contribution in [0.2, 0.25) is 0 Å². The van der Waals surface area contributed by atoms with Crippen LogP contribution >= 0.6 is 0 Å². The van der Waals surface area contributed by atoms with E-state index in [1.807, 2.05) is 6.07 Å². The van der Waals surface area contributed by atoms with E-state index in [4.69, 9.17) is 16.2 Å². The van der Waals surface area contributed by atoms with Crippen molar-refractivity contribution in [2.75, 3.05) is 30.8 Å². The van der Waals surface area contributed by atoms with Gasteiger partial charge in [0.15, 0.2) is 0 Å². The molecular formula is C19H24N4O2. The van der Waals surface area contributed by atoms with E-state index in [1.165, 1.54) is 25.0 Å². The smallest absolute Gasteiger partial charge is 0.129 e. The monoisotopic (exact) mass is 340 g/mol. The van der Waals surface area contributed by atoms with E-state index in [2.05, 4.69) is 22.7 Å². The van der Waals surface area contributed by atoms with Gasteiger partial charge in [0.1, 0.15) is 11.6 Å². The third kappa shape index (κ3) is 4.96. The van der Waals surface area contributed by atoms with E-state index in [9.17, 15) is 5.11 Å². The van der Waals surface area contributed by atoms with E-state index in [1.54, 1.807) is 18.3 Å². The van der Waals surface area contributed by atoms with Gasteiger partial charge >= 0.3 is 0 Å². The molecule has 3 rings (SSSR count). The van der Waals surface area contributed by atoms with Crippen LogP contribution in [0.15, 0.2) is 36.5 Å². The average Bonchev–Trinajstić information content (AvgIpc) is 3.21. The molecule has 1 saturated heterocycles. The number of hydrogen-bond donors (Lipinski definition) is 4.